The maximum absolute atomic E-state index is 12.4. The lowest BCUT2D eigenvalue weighted by Crippen LogP contribution is -2.30. The average molecular weight is 545 g/mol. The highest BCUT2D eigenvalue weighted by atomic mass is 16.6. The van der Waals surface area contributed by atoms with Crippen molar-refractivity contribution in [2.45, 2.75) is 25.7 Å². The van der Waals surface area contributed by atoms with Gasteiger partial charge in [0.15, 0.2) is 12.4 Å². The molecule has 11 nitrogen and oxygen atoms in total. The van der Waals surface area contributed by atoms with Crippen molar-refractivity contribution < 1.29 is 38.4 Å². The molecule has 0 N–H and O–H groups in total. The second-order valence-corrected chi connectivity index (χ2v) is 8.92. The summed E-state index contributed by atoms with van der Waals surface area (Å²) in [5.41, 5.74) is 1.03. The van der Waals surface area contributed by atoms with Crippen LogP contribution in [0.3, 0.4) is 0 Å². The number of Topliss-reactive ketones (excluding diaryl/α,β-unsaturated/α-hetero) is 1. The van der Waals surface area contributed by atoms with Crippen LogP contribution in [-0.2, 0) is 9.53 Å². The van der Waals surface area contributed by atoms with Gasteiger partial charge in [0.25, 0.3) is 17.5 Å². The maximum Gasteiger partial charge on any atom is 0.343 e. The SMILES string of the molecule is O=C(CCCCCN1C(=O)c2ccccc2C1=O)OCC(=O)c1ccc(OC(=O)c2ccc([N+](=O)[O-])cc2)cc1. The number of nitrogens with zero attached hydrogens (tertiary/aromatic N) is 2. The van der Waals surface area contributed by atoms with E-state index in [-0.39, 0.29) is 47.3 Å². The van der Waals surface area contributed by atoms with Crippen LogP contribution in [0.15, 0.2) is 72.8 Å². The molecule has 2 amide bonds. The Labute approximate surface area is 228 Å². The molecule has 204 valence electrons. The van der Waals surface area contributed by atoms with Crippen LogP contribution in [0.2, 0.25) is 0 Å². The minimum Gasteiger partial charge on any atom is -0.457 e. The molecule has 0 bridgehead atoms. The Kier molecular flexibility index (Phi) is 8.75. The topological polar surface area (TPSA) is 150 Å². The average Bonchev–Trinajstić information content (AvgIpc) is 3.21. The van der Waals surface area contributed by atoms with Gasteiger partial charge < -0.3 is 9.47 Å². The van der Waals surface area contributed by atoms with Gasteiger partial charge in [0.05, 0.1) is 21.6 Å². The lowest BCUT2D eigenvalue weighted by Gasteiger charge is -2.13. The van der Waals surface area contributed by atoms with E-state index in [1.54, 1.807) is 24.3 Å². The highest BCUT2D eigenvalue weighted by Crippen LogP contribution is 2.23. The maximum atomic E-state index is 12.4. The second kappa shape index (κ2) is 12.6. The molecule has 3 aromatic rings. The number of carbonyl (C=O) groups is 5. The third-order valence-electron chi connectivity index (χ3n) is 6.21. The molecule has 4 rings (SSSR count). The lowest BCUT2D eigenvalue weighted by atomic mass is 10.1. The number of ether oxygens (including phenoxy) is 2. The van der Waals surface area contributed by atoms with Crippen molar-refractivity contribution >= 4 is 35.2 Å². The van der Waals surface area contributed by atoms with E-state index in [9.17, 15) is 34.1 Å². The first kappa shape index (κ1) is 27.8. The Hall–Kier alpha value is -5.19. The van der Waals surface area contributed by atoms with Crippen LogP contribution in [0.5, 0.6) is 5.75 Å². The lowest BCUT2D eigenvalue weighted by molar-refractivity contribution is -0.384. The summed E-state index contributed by atoms with van der Waals surface area (Å²) in [5.74, 6) is -2.15. The van der Waals surface area contributed by atoms with Gasteiger partial charge in [-0.1, -0.05) is 18.6 Å². The van der Waals surface area contributed by atoms with Crippen molar-refractivity contribution in [1.29, 1.82) is 0 Å². The zero-order valence-corrected chi connectivity index (χ0v) is 21.2. The molecule has 0 saturated heterocycles. The summed E-state index contributed by atoms with van der Waals surface area (Å²) in [7, 11) is 0. The van der Waals surface area contributed by atoms with Crippen LogP contribution < -0.4 is 4.74 Å². The van der Waals surface area contributed by atoms with Crippen LogP contribution in [-0.4, -0.2) is 52.5 Å². The molecule has 1 aliphatic heterocycles. The van der Waals surface area contributed by atoms with E-state index in [2.05, 4.69) is 0 Å². The Bertz CT molecular complexity index is 1430. The van der Waals surface area contributed by atoms with Crippen molar-refractivity contribution in [3.05, 3.63) is 105 Å². The summed E-state index contributed by atoms with van der Waals surface area (Å²) >= 11 is 0. The number of esters is 2. The molecule has 3 aromatic carbocycles. The molecule has 0 fully saturated rings. The van der Waals surface area contributed by atoms with Gasteiger partial charge in [0.2, 0.25) is 0 Å². The predicted molar refractivity (Wildman–Crippen MR) is 140 cm³/mol. The Morgan fingerprint density at radius 2 is 1.38 bits per heavy atom. The Balaban J connectivity index is 1.14. The van der Waals surface area contributed by atoms with Crippen molar-refractivity contribution in [3.63, 3.8) is 0 Å². The van der Waals surface area contributed by atoms with Crippen molar-refractivity contribution in [1.82, 2.24) is 4.90 Å². The molecule has 0 unspecified atom stereocenters. The summed E-state index contributed by atoms with van der Waals surface area (Å²) in [4.78, 5) is 72.7. The number of benzene rings is 3. The van der Waals surface area contributed by atoms with Gasteiger partial charge >= 0.3 is 11.9 Å². The van der Waals surface area contributed by atoms with Gasteiger partial charge in [-0.15, -0.1) is 0 Å². The Morgan fingerprint density at radius 3 is 1.98 bits per heavy atom. The van der Waals surface area contributed by atoms with Crippen LogP contribution >= 0.6 is 0 Å². The molecular weight excluding hydrogens is 520 g/mol. The predicted octanol–water partition coefficient (Wildman–Crippen LogP) is 4.40. The summed E-state index contributed by atoms with van der Waals surface area (Å²) in [6.07, 6.45) is 1.70. The van der Waals surface area contributed by atoms with Crippen molar-refractivity contribution in [2.24, 2.45) is 0 Å². The van der Waals surface area contributed by atoms with E-state index in [4.69, 9.17) is 9.47 Å². The molecule has 1 heterocycles. The minimum atomic E-state index is -0.716. The number of hydrogen-bond acceptors (Lipinski definition) is 9. The number of nitro groups is 1. The first-order valence-corrected chi connectivity index (χ1v) is 12.5. The van der Waals surface area contributed by atoms with Gasteiger partial charge in [-0.25, -0.2) is 4.79 Å². The normalized spacial score (nSPS) is 12.2. The fraction of sp³-hybridized carbons (Fsp3) is 0.207. The van der Waals surface area contributed by atoms with E-state index in [1.807, 2.05) is 0 Å². The number of non-ortho nitro benzene ring substituents is 1. The fourth-order valence-corrected chi connectivity index (χ4v) is 4.05. The number of amides is 2. The van der Waals surface area contributed by atoms with Gasteiger partial charge in [-0.05, 0) is 61.4 Å². The van der Waals surface area contributed by atoms with Gasteiger partial charge in [-0.3, -0.25) is 34.2 Å². The molecule has 0 atom stereocenters. The third-order valence-corrected chi connectivity index (χ3v) is 6.21. The van der Waals surface area contributed by atoms with Crippen LogP contribution in [0, 0.1) is 10.1 Å². The first-order valence-electron chi connectivity index (χ1n) is 12.5. The smallest absolute Gasteiger partial charge is 0.343 e. The number of rotatable bonds is 12. The van der Waals surface area contributed by atoms with E-state index >= 15 is 0 Å². The molecule has 0 radical (unpaired) electrons. The van der Waals surface area contributed by atoms with Crippen molar-refractivity contribution in [3.8, 4) is 5.75 Å². The zero-order valence-electron chi connectivity index (χ0n) is 21.2. The van der Waals surface area contributed by atoms with E-state index in [1.165, 1.54) is 53.4 Å². The number of carbonyl (C=O) groups excluding carboxylic acids is 5. The molecule has 1 aliphatic rings. The number of fused-ring (bicyclic) bond motifs is 1. The molecule has 0 aliphatic carbocycles. The Morgan fingerprint density at radius 1 is 0.775 bits per heavy atom. The highest BCUT2D eigenvalue weighted by Gasteiger charge is 2.34. The standard InChI is InChI=1S/C29H24N2O9/c32-25(19-11-15-22(16-12-19)40-29(36)20-9-13-21(14-10-20)31(37)38)18-39-26(33)8-2-1-5-17-30-27(34)23-6-3-4-7-24(23)28(30)35/h3-4,6-7,9-16H,1-2,5,8,17-18H2. The summed E-state index contributed by atoms with van der Waals surface area (Å²) in [5, 5.41) is 10.7. The minimum absolute atomic E-state index is 0.0902. The molecule has 11 heteroatoms. The fourth-order valence-electron chi connectivity index (χ4n) is 4.05. The van der Waals surface area contributed by atoms with Crippen LogP contribution in [0.1, 0.15) is 67.1 Å². The van der Waals surface area contributed by atoms with E-state index < -0.39 is 29.3 Å². The molecule has 0 aromatic heterocycles. The number of ketones is 1. The number of hydrogen-bond donors (Lipinski definition) is 0. The number of imide groups is 1. The summed E-state index contributed by atoms with van der Waals surface area (Å²) < 4.78 is 10.3. The molecule has 0 spiro atoms. The molecule has 0 saturated carbocycles. The third kappa shape index (κ3) is 6.62. The van der Waals surface area contributed by atoms with Gasteiger partial charge in [0.1, 0.15) is 5.75 Å². The molecular formula is C29H24N2O9. The summed E-state index contributed by atoms with van der Waals surface area (Å²) in [6.45, 7) is -0.186. The molecule has 40 heavy (non-hydrogen) atoms. The van der Waals surface area contributed by atoms with Crippen molar-refractivity contribution in [2.75, 3.05) is 13.2 Å². The second-order valence-electron chi connectivity index (χ2n) is 8.92. The van der Waals surface area contributed by atoms with Crippen LogP contribution in [0.25, 0.3) is 0 Å². The monoisotopic (exact) mass is 544 g/mol. The van der Waals surface area contributed by atoms with Gasteiger partial charge in [-0.2, -0.15) is 0 Å². The largest absolute Gasteiger partial charge is 0.457 e. The van der Waals surface area contributed by atoms with E-state index in [0.717, 1.165) is 0 Å². The quantitative estimate of drug-likeness (QED) is 0.0615. The van der Waals surface area contributed by atoms with Crippen LogP contribution in [0.4, 0.5) is 5.69 Å². The highest BCUT2D eigenvalue weighted by molar-refractivity contribution is 6.21. The summed E-state index contributed by atoms with van der Waals surface area (Å²) in [6, 6.07) is 17.3. The van der Waals surface area contributed by atoms with E-state index in [0.29, 0.717) is 30.4 Å². The first-order chi connectivity index (χ1) is 19.2. The zero-order chi connectivity index (χ0) is 28.6. The number of unbranched alkanes of at least 4 members (excludes halogenated alkanes) is 2. The van der Waals surface area contributed by atoms with Gasteiger partial charge in [0, 0.05) is 30.7 Å². The number of nitro benzene ring substituents is 1.